The molecule has 1 aliphatic heterocycles. The van der Waals surface area contributed by atoms with E-state index in [2.05, 4.69) is 23.2 Å². The lowest BCUT2D eigenvalue weighted by Gasteiger charge is -2.39. The van der Waals surface area contributed by atoms with E-state index in [4.69, 9.17) is 16.7 Å². The lowest BCUT2D eigenvalue weighted by molar-refractivity contribution is 0.250. The maximum atomic E-state index is 9.03. The molecule has 0 saturated carbocycles. The zero-order valence-corrected chi connectivity index (χ0v) is 10.8. The zero-order valence-electron chi connectivity index (χ0n) is 10.1. The Morgan fingerprint density at radius 1 is 1.41 bits per heavy atom. The highest BCUT2D eigenvalue weighted by atomic mass is 35.5. The molecule has 1 aromatic carbocycles. The van der Waals surface area contributed by atoms with E-state index in [1.807, 2.05) is 18.2 Å². The predicted octanol–water partition coefficient (Wildman–Crippen LogP) is 1.89. The van der Waals surface area contributed by atoms with Crippen LogP contribution in [0, 0.1) is 0 Å². The number of halogens is 1. The Labute approximate surface area is 107 Å². The Bertz CT molecular complexity index is 372. The van der Waals surface area contributed by atoms with Crippen molar-refractivity contribution in [3.05, 3.63) is 29.3 Å². The van der Waals surface area contributed by atoms with Crippen molar-refractivity contribution < 1.29 is 5.11 Å². The summed E-state index contributed by atoms with van der Waals surface area (Å²) in [6, 6.07) is 8.68. The van der Waals surface area contributed by atoms with E-state index in [9.17, 15) is 0 Å². The molecule has 1 fully saturated rings. The van der Waals surface area contributed by atoms with Crippen molar-refractivity contribution in [1.29, 1.82) is 0 Å². The average Bonchev–Trinajstić information content (AvgIpc) is 2.29. The molecule has 1 heterocycles. The highest BCUT2D eigenvalue weighted by molar-refractivity contribution is 6.33. The van der Waals surface area contributed by atoms with Gasteiger partial charge >= 0.3 is 0 Å². The molecule has 94 valence electrons. The molecule has 3 nitrogen and oxygen atoms in total. The standard InChI is InChI=1S/C13H19ClN2O/c1-10-8-16(9-11(15-10)6-7-17)13-5-3-2-4-12(13)14/h2-5,10-11,15,17H,6-9H2,1H3. The Balaban J connectivity index is 2.12. The van der Waals surface area contributed by atoms with Crippen LogP contribution in [0.15, 0.2) is 24.3 Å². The van der Waals surface area contributed by atoms with E-state index in [0.717, 1.165) is 30.2 Å². The minimum atomic E-state index is 0.223. The summed E-state index contributed by atoms with van der Waals surface area (Å²) < 4.78 is 0. The van der Waals surface area contributed by atoms with Crippen molar-refractivity contribution in [3.8, 4) is 0 Å². The molecule has 0 spiro atoms. The maximum Gasteiger partial charge on any atom is 0.0639 e. The van der Waals surface area contributed by atoms with Gasteiger partial charge in [-0.15, -0.1) is 0 Å². The van der Waals surface area contributed by atoms with E-state index in [1.165, 1.54) is 0 Å². The molecule has 1 saturated heterocycles. The van der Waals surface area contributed by atoms with Gasteiger partial charge in [0.1, 0.15) is 0 Å². The molecule has 1 aromatic rings. The van der Waals surface area contributed by atoms with E-state index in [0.29, 0.717) is 12.1 Å². The molecule has 17 heavy (non-hydrogen) atoms. The van der Waals surface area contributed by atoms with E-state index in [-0.39, 0.29) is 6.61 Å². The normalized spacial score (nSPS) is 25.0. The number of para-hydroxylation sites is 1. The Morgan fingerprint density at radius 2 is 2.18 bits per heavy atom. The van der Waals surface area contributed by atoms with Gasteiger partial charge in [0.05, 0.1) is 10.7 Å². The largest absolute Gasteiger partial charge is 0.396 e. The summed E-state index contributed by atoms with van der Waals surface area (Å²) in [6.45, 7) is 4.23. The summed E-state index contributed by atoms with van der Waals surface area (Å²) in [7, 11) is 0. The van der Waals surface area contributed by atoms with Gasteiger partial charge in [-0.2, -0.15) is 0 Å². The first-order valence-corrected chi connectivity index (χ1v) is 6.45. The molecular formula is C13H19ClN2O. The number of nitrogens with one attached hydrogen (secondary N) is 1. The van der Waals surface area contributed by atoms with Crippen LogP contribution in [-0.2, 0) is 0 Å². The molecule has 4 heteroatoms. The van der Waals surface area contributed by atoms with Crippen molar-refractivity contribution in [2.75, 3.05) is 24.6 Å². The average molecular weight is 255 g/mol. The van der Waals surface area contributed by atoms with Crippen LogP contribution < -0.4 is 10.2 Å². The number of anilines is 1. The minimum Gasteiger partial charge on any atom is -0.396 e. The van der Waals surface area contributed by atoms with Crippen LogP contribution in [0.1, 0.15) is 13.3 Å². The summed E-state index contributed by atoms with van der Waals surface area (Å²) in [4.78, 5) is 2.30. The quantitative estimate of drug-likeness (QED) is 0.865. The van der Waals surface area contributed by atoms with Crippen molar-refractivity contribution in [3.63, 3.8) is 0 Å². The Hall–Kier alpha value is -0.770. The second-order valence-electron chi connectivity index (χ2n) is 4.63. The van der Waals surface area contributed by atoms with Crippen LogP contribution in [0.2, 0.25) is 5.02 Å². The molecule has 2 unspecified atom stereocenters. The van der Waals surface area contributed by atoms with Crippen molar-refractivity contribution in [2.24, 2.45) is 0 Å². The summed E-state index contributed by atoms with van der Waals surface area (Å²) in [5.41, 5.74) is 1.09. The van der Waals surface area contributed by atoms with Gasteiger partial charge in [-0.3, -0.25) is 0 Å². The van der Waals surface area contributed by atoms with E-state index in [1.54, 1.807) is 0 Å². The van der Waals surface area contributed by atoms with Crippen LogP contribution in [0.25, 0.3) is 0 Å². The van der Waals surface area contributed by atoms with Gasteiger partial charge in [0.15, 0.2) is 0 Å². The molecule has 0 aromatic heterocycles. The molecule has 0 amide bonds. The third-order valence-corrected chi connectivity index (χ3v) is 3.45. The first-order chi connectivity index (χ1) is 8.20. The van der Waals surface area contributed by atoms with Gasteiger partial charge in [0, 0.05) is 31.8 Å². The van der Waals surface area contributed by atoms with Crippen molar-refractivity contribution in [1.82, 2.24) is 5.32 Å². The topological polar surface area (TPSA) is 35.5 Å². The number of nitrogens with zero attached hydrogens (tertiary/aromatic N) is 1. The number of piperazine rings is 1. The second kappa shape index (κ2) is 5.71. The molecule has 1 aliphatic rings. The second-order valence-corrected chi connectivity index (χ2v) is 5.04. The fourth-order valence-electron chi connectivity index (χ4n) is 2.41. The van der Waals surface area contributed by atoms with Gasteiger partial charge in [-0.25, -0.2) is 0 Å². The van der Waals surface area contributed by atoms with Crippen molar-refractivity contribution in [2.45, 2.75) is 25.4 Å². The SMILES string of the molecule is CC1CN(c2ccccc2Cl)CC(CCO)N1. The Morgan fingerprint density at radius 3 is 2.88 bits per heavy atom. The lowest BCUT2D eigenvalue weighted by atomic mass is 10.1. The highest BCUT2D eigenvalue weighted by Crippen LogP contribution is 2.27. The highest BCUT2D eigenvalue weighted by Gasteiger charge is 2.24. The zero-order chi connectivity index (χ0) is 12.3. The smallest absolute Gasteiger partial charge is 0.0639 e. The van der Waals surface area contributed by atoms with Gasteiger partial charge in [-0.1, -0.05) is 23.7 Å². The summed E-state index contributed by atoms with van der Waals surface area (Å²) in [6.07, 6.45) is 0.783. The summed E-state index contributed by atoms with van der Waals surface area (Å²) in [5, 5.41) is 13.3. The minimum absolute atomic E-state index is 0.223. The summed E-state index contributed by atoms with van der Waals surface area (Å²) >= 11 is 6.22. The maximum absolute atomic E-state index is 9.03. The number of aliphatic hydroxyl groups is 1. The number of aliphatic hydroxyl groups excluding tert-OH is 1. The third kappa shape index (κ3) is 3.12. The van der Waals surface area contributed by atoms with Crippen LogP contribution in [0.5, 0.6) is 0 Å². The molecule has 0 radical (unpaired) electrons. The van der Waals surface area contributed by atoms with Crippen LogP contribution in [0.3, 0.4) is 0 Å². The van der Waals surface area contributed by atoms with Gasteiger partial charge < -0.3 is 15.3 Å². The molecule has 0 aliphatic carbocycles. The number of rotatable bonds is 3. The predicted molar refractivity (Wildman–Crippen MR) is 71.8 cm³/mol. The number of hydrogen-bond donors (Lipinski definition) is 2. The van der Waals surface area contributed by atoms with Crippen LogP contribution in [0.4, 0.5) is 5.69 Å². The van der Waals surface area contributed by atoms with Gasteiger partial charge in [0.25, 0.3) is 0 Å². The molecule has 2 N–H and O–H groups in total. The molecule has 0 bridgehead atoms. The van der Waals surface area contributed by atoms with E-state index >= 15 is 0 Å². The summed E-state index contributed by atoms with van der Waals surface area (Å²) in [5.74, 6) is 0. The van der Waals surface area contributed by atoms with Crippen LogP contribution >= 0.6 is 11.6 Å². The van der Waals surface area contributed by atoms with E-state index < -0.39 is 0 Å². The van der Waals surface area contributed by atoms with Gasteiger partial charge in [-0.05, 0) is 25.5 Å². The van der Waals surface area contributed by atoms with Gasteiger partial charge in [0.2, 0.25) is 0 Å². The molecule has 2 rings (SSSR count). The fraction of sp³-hybridized carbons (Fsp3) is 0.538. The number of benzene rings is 1. The van der Waals surface area contributed by atoms with Crippen LogP contribution in [-0.4, -0.2) is 36.9 Å². The number of hydrogen-bond acceptors (Lipinski definition) is 3. The monoisotopic (exact) mass is 254 g/mol. The molecular weight excluding hydrogens is 236 g/mol. The first kappa shape index (κ1) is 12.7. The third-order valence-electron chi connectivity index (χ3n) is 3.13. The first-order valence-electron chi connectivity index (χ1n) is 6.07. The van der Waals surface area contributed by atoms with Crippen molar-refractivity contribution >= 4 is 17.3 Å². The molecule has 2 atom stereocenters. The lowest BCUT2D eigenvalue weighted by Crippen LogP contribution is -2.55. The fourth-order valence-corrected chi connectivity index (χ4v) is 2.67. The Kier molecular flexibility index (Phi) is 4.26.